The smallest absolute Gasteiger partial charge is 0.343 e. The molecule has 0 unspecified atom stereocenters. The van der Waals surface area contributed by atoms with Gasteiger partial charge in [-0.3, -0.25) is 9.59 Å². The van der Waals surface area contributed by atoms with Gasteiger partial charge in [0.25, 0.3) is 5.91 Å². The molecule has 2 rings (SSSR count). The van der Waals surface area contributed by atoms with Crippen LogP contribution in [0.2, 0.25) is 0 Å². The Morgan fingerprint density at radius 3 is 2.24 bits per heavy atom. The Balaban J connectivity index is 2.10. The molecule has 0 radical (unpaired) electrons. The van der Waals surface area contributed by atoms with Crippen LogP contribution in [-0.2, 0) is 14.3 Å². The van der Waals surface area contributed by atoms with Crippen LogP contribution in [-0.4, -0.2) is 38.6 Å². The molecule has 0 aromatic heterocycles. The van der Waals surface area contributed by atoms with Crippen LogP contribution in [0, 0.1) is 5.92 Å². The molecule has 29 heavy (non-hydrogen) atoms. The molecule has 8 heteroatoms. The van der Waals surface area contributed by atoms with Gasteiger partial charge in [0.1, 0.15) is 0 Å². The molecule has 0 aliphatic carbocycles. The lowest BCUT2D eigenvalue weighted by Gasteiger charge is -2.12. The zero-order chi connectivity index (χ0) is 21.4. The Morgan fingerprint density at radius 2 is 1.62 bits per heavy atom. The van der Waals surface area contributed by atoms with Gasteiger partial charge in [-0.15, -0.1) is 0 Å². The monoisotopic (exact) mass is 400 g/mol. The SMILES string of the molecule is COC(=O)COc1ccc(C(=O)Nc2cccc(NC(=O)C(C)C)c2)cc1OC. The quantitative estimate of drug-likeness (QED) is 0.660. The van der Waals surface area contributed by atoms with E-state index < -0.39 is 5.97 Å². The molecule has 0 saturated heterocycles. The van der Waals surface area contributed by atoms with Crippen LogP contribution in [0.3, 0.4) is 0 Å². The second-order valence-electron chi connectivity index (χ2n) is 6.41. The molecular formula is C21H24N2O6. The highest BCUT2D eigenvalue weighted by molar-refractivity contribution is 6.05. The molecular weight excluding hydrogens is 376 g/mol. The van der Waals surface area contributed by atoms with Gasteiger partial charge in [0.05, 0.1) is 14.2 Å². The standard InChI is InChI=1S/C21H24N2O6/c1-13(2)20(25)22-15-6-5-7-16(11-15)23-21(26)14-8-9-17(18(10-14)27-3)29-12-19(24)28-4/h5-11,13H,12H2,1-4H3,(H,22,25)(H,23,26). The number of esters is 1. The third kappa shape index (κ3) is 6.24. The summed E-state index contributed by atoms with van der Waals surface area (Å²) in [4.78, 5) is 35.6. The van der Waals surface area contributed by atoms with E-state index in [0.29, 0.717) is 28.4 Å². The summed E-state index contributed by atoms with van der Waals surface area (Å²) in [5.74, 6) is -0.540. The van der Waals surface area contributed by atoms with Crippen molar-refractivity contribution in [3.8, 4) is 11.5 Å². The minimum Gasteiger partial charge on any atom is -0.493 e. The first-order valence-corrected chi connectivity index (χ1v) is 8.94. The fourth-order valence-electron chi connectivity index (χ4n) is 2.29. The normalized spacial score (nSPS) is 10.2. The maximum atomic E-state index is 12.6. The summed E-state index contributed by atoms with van der Waals surface area (Å²) in [5, 5.41) is 5.55. The lowest BCUT2D eigenvalue weighted by molar-refractivity contribution is -0.142. The van der Waals surface area contributed by atoms with E-state index in [0.717, 1.165) is 0 Å². The molecule has 154 valence electrons. The number of benzene rings is 2. The molecule has 0 heterocycles. The molecule has 2 aromatic carbocycles. The van der Waals surface area contributed by atoms with Crippen LogP contribution < -0.4 is 20.1 Å². The average molecular weight is 400 g/mol. The summed E-state index contributed by atoms with van der Waals surface area (Å²) in [7, 11) is 2.70. The molecule has 0 aliphatic heterocycles. The van der Waals surface area contributed by atoms with Crippen molar-refractivity contribution in [3.63, 3.8) is 0 Å². The fourth-order valence-corrected chi connectivity index (χ4v) is 2.29. The van der Waals surface area contributed by atoms with Gasteiger partial charge < -0.3 is 24.8 Å². The Hall–Kier alpha value is -3.55. The van der Waals surface area contributed by atoms with Gasteiger partial charge in [-0.05, 0) is 36.4 Å². The minimum atomic E-state index is -0.529. The van der Waals surface area contributed by atoms with Crippen LogP contribution in [0.4, 0.5) is 11.4 Å². The van der Waals surface area contributed by atoms with Crippen molar-refractivity contribution in [1.82, 2.24) is 0 Å². The first-order valence-electron chi connectivity index (χ1n) is 8.94. The highest BCUT2D eigenvalue weighted by Crippen LogP contribution is 2.28. The van der Waals surface area contributed by atoms with Crippen molar-refractivity contribution >= 4 is 29.2 Å². The van der Waals surface area contributed by atoms with Crippen LogP contribution in [0.1, 0.15) is 24.2 Å². The molecule has 2 amide bonds. The van der Waals surface area contributed by atoms with Gasteiger partial charge in [0.15, 0.2) is 18.1 Å². The van der Waals surface area contributed by atoms with Gasteiger partial charge in [-0.1, -0.05) is 19.9 Å². The van der Waals surface area contributed by atoms with Gasteiger partial charge in [0.2, 0.25) is 5.91 Å². The van der Waals surface area contributed by atoms with Gasteiger partial charge in [0, 0.05) is 22.9 Å². The van der Waals surface area contributed by atoms with E-state index in [1.54, 1.807) is 44.2 Å². The first-order chi connectivity index (χ1) is 13.8. The number of carbonyl (C=O) groups is 3. The molecule has 2 aromatic rings. The maximum Gasteiger partial charge on any atom is 0.343 e. The summed E-state index contributed by atoms with van der Waals surface area (Å²) in [6.07, 6.45) is 0. The van der Waals surface area contributed by atoms with Crippen LogP contribution in [0.15, 0.2) is 42.5 Å². The van der Waals surface area contributed by atoms with E-state index >= 15 is 0 Å². The third-order valence-electron chi connectivity index (χ3n) is 3.91. The molecule has 0 saturated carbocycles. The summed E-state index contributed by atoms with van der Waals surface area (Å²) >= 11 is 0. The summed E-state index contributed by atoms with van der Waals surface area (Å²) < 4.78 is 15.1. The zero-order valence-electron chi connectivity index (χ0n) is 16.8. The van der Waals surface area contributed by atoms with Crippen LogP contribution in [0.25, 0.3) is 0 Å². The van der Waals surface area contributed by atoms with Crippen LogP contribution in [0.5, 0.6) is 11.5 Å². The Kier molecular flexibility index (Phi) is 7.59. The zero-order valence-corrected chi connectivity index (χ0v) is 16.8. The first kappa shape index (κ1) is 21.7. The second kappa shape index (κ2) is 10.1. The number of ether oxygens (including phenoxy) is 3. The molecule has 8 nitrogen and oxygen atoms in total. The minimum absolute atomic E-state index is 0.110. The lowest BCUT2D eigenvalue weighted by atomic mass is 10.1. The predicted octanol–water partition coefficient (Wildman–Crippen LogP) is 3.09. The van der Waals surface area contributed by atoms with Crippen LogP contribution >= 0.6 is 0 Å². The van der Waals surface area contributed by atoms with Crippen molar-refractivity contribution in [1.29, 1.82) is 0 Å². The third-order valence-corrected chi connectivity index (χ3v) is 3.91. The highest BCUT2D eigenvalue weighted by Gasteiger charge is 2.13. The highest BCUT2D eigenvalue weighted by atomic mass is 16.6. The van der Waals surface area contributed by atoms with Crippen molar-refractivity contribution < 1.29 is 28.6 Å². The number of hydrogen-bond acceptors (Lipinski definition) is 6. The van der Waals surface area contributed by atoms with Gasteiger partial charge in [-0.2, -0.15) is 0 Å². The summed E-state index contributed by atoms with van der Waals surface area (Å²) in [6.45, 7) is 3.33. The van der Waals surface area contributed by atoms with Crippen molar-refractivity contribution in [2.75, 3.05) is 31.5 Å². The number of hydrogen-bond donors (Lipinski definition) is 2. The van der Waals surface area contributed by atoms with E-state index in [1.807, 2.05) is 0 Å². The number of rotatable bonds is 8. The Morgan fingerprint density at radius 1 is 0.931 bits per heavy atom. The van der Waals surface area contributed by atoms with Crippen molar-refractivity contribution in [2.45, 2.75) is 13.8 Å². The van der Waals surface area contributed by atoms with E-state index in [1.165, 1.54) is 26.4 Å². The predicted molar refractivity (Wildman–Crippen MR) is 108 cm³/mol. The number of methoxy groups -OCH3 is 2. The molecule has 0 spiro atoms. The van der Waals surface area contributed by atoms with Crippen molar-refractivity contribution in [3.05, 3.63) is 48.0 Å². The second-order valence-corrected chi connectivity index (χ2v) is 6.41. The van der Waals surface area contributed by atoms with Gasteiger partial charge in [-0.25, -0.2) is 4.79 Å². The van der Waals surface area contributed by atoms with E-state index in [4.69, 9.17) is 9.47 Å². The lowest BCUT2D eigenvalue weighted by Crippen LogP contribution is -2.18. The Labute approximate surface area is 169 Å². The van der Waals surface area contributed by atoms with Crippen molar-refractivity contribution in [2.24, 2.45) is 5.92 Å². The fraction of sp³-hybridized carbons (Fsp3) is 0.286. The molecule has 0 atom stereocenters. The number of carbonyl (C=O) groups excluding carboxylic acids is 3. The summed E-state index contributed by atoms with van der Waals surface area (Å²) in [6, 6.07) is 11.5. The number of nitrogens with one attached hydrogen (secondary N) is 2. The summed E-state index contributed by atoms with van der Waals surface area (Å²) in [5.41, 5.74) is 1.45. The van der Waals surface area contributed by atoms with E-state index in [9.17, 15) is 14.4 Å². The maximum absolute atomic E-state index is 12.6. The van der Waals surface area contributed by atoms with E-state index in [2.05, 4.69) is 15.4 Å². The largest absolute Gasteiger partial charge is 0.493 e. The number of anilines is 2. The van der Waals surface area contributed by atoms with E-state index in [-0.39, 0.29) is 24.3 Å². The number of amides is 2. The topological polar surface area (TPSA) is 103 Å². The molecule has 0 aliphatic rings. The Bertz CT molecular complexity index is 894. The average Bonchev–Trinajstić information content (AvgIpc) is 2.71. The molecule has 0 fully saturated rings. The molecule has 0 bridgehead atoms. The van der Waals surface area contributed by atoms with Gasteiger partial charge >= 0.3 is 5.97 Å². The molecule has 2 N–H and O–H groups in total.